The van der Waals surface area contributed by atoms with Crippen LogP contribution in [0.25, 0.3) is 10.8 Å². The smallest absolute Gasteiger partial charge is 0.359 e. The van der Waals surface area contributed by atoms with Crippen LogP contribution in [-0.2, 0) is 16.1 Å². The summed E-state index contributed by atoms with van der Waals surface area (Å²) in [5.41, 5.74) is 0.238. The van der Waals surface area contributed by atoms with Gasteiger partial charge in [0.1, 0.15) is 5.75 Å². The van der Waals surface area contributed by atoms with Crippen molar-refractivity contribution in [2.45, 2.75) is 33.2 Å². The lowest BCUT2D eigenvalue weighted by atomic mass is 10.1. The molecule has 1 heterocycles. The number of nitrogens with one attached hydrogen (secondary N) is 1. The molecule has 1 N–H and O–H groups in total. The number of hydrogen-bond acceptors (Lipinski definition) is 6. The predicted octanol–water partition coefficient (Wildman–Crippen LogP) is 3.39. The summed E-state index contributed by atoms with van der Waals surface area (Å²) < 4.78 is 12.0. The van der Waals surface area contributed by atoms with Crippen LogP contribution in [0.1, 0.15) is 37.2 Å². The van der Waals surface area contributed by atoms with Crippen molar-refractivity contribution in [3.05, 3.63) is 64.6 Å². The number of fused-ring (bicyclic) bond motifs is 1. The highest BCUT2D eigenvalue weighted by Gasteiger charge is 2.19. The number of rotatable bonds is 9. The Morgan fingerprint density at radius 2 is 1.74 bits per heavy atom. The second kappa shape index (κ2) is 10.4. The van der Waals surface area contributed by atoms with E-state index in [1.807, 2.05) is 13.8 Å². The first kappa shape index (κ1) is 22.0. The van der Waals surface area contributed by atoms with E-state index in [1.54, 1.807) is 48.5 Å². The minimum atomic E-state index is -0.769. The number of para-hydroxylation sites is 2. The van der Waals surface area contributed by atoms with Gasteiger partial charge in [0, 0.05) is 11.9 Å². The van der Waals surface area contributed by atoms with Gasteiger partial charge in [-0.05, 0) is 31.5 Å². The molecule has 0 bridgehead atoms. The second-order valence-corrected chi connectivity index (χ2v) is 6.83. The summed E-state index contributed by atoms with van der Waals surface area (Å²) in [5.74, 6) is -0.751. The number of benzene rings is 2. The normalized spacial score (nSPS) is 10.6. The van der Waals surface area contributed by atoms with E-state index in [0.29, 0.717) is 35.4 Å². The van der Waals surface area contributed by atoms with Crippen LogP contribution >= 0.6 is 0 Å². The molecule has 8 heteroatoms. The monoisotopic (exact) mass is 423 g/mol. The third-order valence-corrected chi connectivity index (χ3v) is 4.58. The molecule has 0 saturated heterocycles. The zero-order valence-corrected chi connectivity index (χ0v) is 17.6. The highest BCUT2D eigenvalue weighted by atomic mass is 16.5. The molecule has 0 saturated carbocycles. The van der Waals surface area contributed by atoms with Crippen LogP contribution in [0.3, 0.4) is 0 Å². The fourth-order valence-corrected chi connectivity index (χ4v) is 3.08. The number of carbonyl (C=O) groups excluding carboxylic acids is 2. The molecular weight excluding hydrogens is 398 g/mol. The summed E-state index contributed by atoms with van der Waals surface area (Å²) in [7, 11) is 0. The Balaban J connectivity index is 1.77. The molecule has 1 aromatic heterocycles. The maximum atomic E-state index is 12.7. The summed E-state index contributed by atoms with van der Waals surface area (Å²) in [5, 5.41) is 7.67. The van der Waals surface area contributed by atoms with Crippen LogP contribution in [0, 0.1) is 0 Å². The van der Waals surface area contributed by atoms with Gasteiger partial charge >= 0.3 is 5.97 Å². The van der Waals surface area contributed by atoms with Gasteiger partial charge in [-0.1, -0.05) is 43.7 Å². The standard InChI is InChI=1S/C23H25N3O5/c1-3-5-14-26-22(28)17-11-7-6-10-16(17)21(25-26)23(29)31-15-20(27)24-18-12-8-9-13-19(18)30-4-2/h6-13H,3-5,14-15H2,1-2H3,(H,24,27). The van der Waals surface area contributed by atoms with Gasteiger partial charge < -0.3 is 14.8 Å². The molecule has 0 aliphatic rings. The van der Waals surface area contributed by atoms with Crippen LogP contribution in [-0.4, -0.2) is 34.9 Å². The number of aromatic nitrogens is 2. The fraction of sp³-hybridized carbons (Fsp3) is 0.304. The van der Waals surface area contributed by atoms with E-state index in [2.05, 4.69) is 10.4 Å². The Morgan fingerprint density at radius 1 is 1.03 bits per heavy atom. The summed E-state index contributed by atoms with van der Waals surface area (Å²) in [6.45, 7) is 4.20. The molecule has 162 valence electrons. The first-order valence-corrected chi connectivity index (χ1v) is 10.2. The molecule has 0 atom stereocenters. The van der Waals surface area contributed by atoms with Crippen LogP contribution < -0.4 is 15.6 Å². The van der Waals surface area contributed by atoms with E-state index in [-0.39, 0.29) is 11.3 Å². The molecule has 0 aliphatic heterocycles. The average Bonchev–Trinajstić information content (AvgIpc) is 2.78. The first-order valence-electron chi connectivity index (χ1n) is 10.2. The number of nitrogens with zero attached hydrogens (tertiary/aromatic N) is 2. The molecule has 2 aromatic carbocycles. The van der Waals surface area contributed by atoms with Crippen molar-refractivity contribution >= 4 is 28.3 Å². The van der Waals surface area contributed by atoms with Gasteiger partial charge in [0.05, 0.1) is 17.7 Å². The molecule has 8 nitrogen and oxygen atoms in total. The average molecular weight is 423 g/mol. The lowest BCUT2D eigenvalue weighted by molar-refractivity contribution is -0.119. The third kappa shape index (κ3) is 5.28. The van der Waals surface area contributed by atoms with Gasteiger partial charge in [0.2, 0.25) is 0 Å². The van der Waals surface area contributed by atoms with Crippen molar-refractivity contribution in [1.82, 2.24) is 9.78 Å². The number of amides is 1. The highest BCUT2D eigenvalue weighted by molar-refractivity contribution is 6.03. The summed E-state index contributed by atoms with van der Waals surface area (Å²) in [6.07, 6.45) is 1.63. The Labute approximate surface area is 179 Å². The molecule has 31 heavy (non-hydrogen) atoms. The lowest BCUT2D eigenvalue weighted by Crippen LogP contribution is -2.28. The zero-order chi connectivity index (χ0) is 22.2. The molecule has 3 rings (SSSR count). The fourth-order valence-electron chi connectivity index (χ4n) is 3.08. The summed E-state index contributed by atoms with van der Waals surface area (Å²) in [6, 6.07) is 13.7. The number of esters is 1. The van der Waals surface area contributed by atoms with Gasteiger partial charge in [0.25, 0.3) is 11.5 Å². The van der Waals surface area contributed by atoms with Crippen LogP contribution in [0.2, 0.25) is 0 Å². The van der Waals surface area contributed by atoms with Crippen LogP contribution in [0.15, 0.2) is 53.3 Å². The first-order chi connectivity index (χ1) is 15.0. The van der Waals surface area contributed by atoms with Gasteiger partial charge in [0.15, 0.2) is 12.3 Å². The van der Waals surface area contributed by atoms with Gasteiger partial charge in [-0.15, -0.1) is 0 Å². The third-order valence-electron chi connectivity index (χ3n) is 4.58. The Hall–Kier alpha value is -3.68. The van der Waals surface area contributed by atoms with E-state index < -0.39 is 18.5 Å². The zero-order valence-electron chi connectivity index (χ0n) is 17.6. The highest BCUT2D eigenvalue weighted by Crippen LogP contribution is 2.23. The number of unbranched alkanes of at least 4 members (excludes halogenated alkanes) is 1. The number of anilines is 1. The maximum Gasteiger partial charge on any atom is 0.359 e. The van der Waals surface area contributed by atoms with Gasteiger partial charge in [-0.3, -0.25) is 9.59 Å². The summed E-state index contributed by atoms with van der Waals surface area (Å²) in [4.78, 5) is 37.7. The topological polar surface area (TPSA) is 99.5 Å². The summed E-state index contributed by atoms with van der Waals surface area (Å²) >= 11 is 0. The van der Waals surface area contributed by atoms with Crippen molar-refractivity contribution in [1.29, 1.82) is 0 Å². The largest absolute Gasteiger partial charge is 0.492 e. The van der Waals surface area contributed by atoms with Gasteiger partial charge in [-0.2, -0.15) is 5.10 Å². The SMILES string of the molecule is CCCCn1nc(C(=O)OCC(=O)Nc2ccccc2OCC)c2ccccc2c1=O. The molecule has 0 unspecified atom stereocenters. The number of ether oxygens (including phenoxy) is 2. The van der Waals surface area contributed by atoms with Crippen molar-refractivity contribution < 1.29 is 19.1 Å². The molecule has 1 amide bonds. The van der Waals surface area contributed by atoms with E-state index in [4.69, 9.17) is 9.47 Å². The van der Waals surface area contributed by atoms with Crippen molar-refractivity contribution in [2.75, 3.05) is 18.5 Å². The molecule has 0 radical (unpaired) electrons. The lowest BCUT2D eigenvalue weighted by Gasteiger charge is -2.12. The van der Waals surface area contributed by atoms with Crippen molar-refractivity contribution in [2.24, 2.45) is 0 Å². The van der Waals surface area contributed by atoms with E-state index in [0.717, 1.165) is 12.8 Å². The maximum absolute atomic E-state index is 12.7. The molecular formula is C23H25N3O5. The van der Waals surface area contributed by atoms with Crippen LogP contribution in [0.4, 0.5) is 5.69 Å². The molecule has 0 spiro atoms. The Kier molecular flexibility index (Phi) is 7.37. The van der Waals surface area contributed by atoms with Gasteiger partial charge in [-0.25, -0.2) is 9.48 Å². The minimum Gasteiger partial charge on any atom is -0.492 e. The Morgan fingerprint density at radius 3 is 2.48 bits per heavy atom. The predicted molar refractivity (Wildman–Crippen MR) is 117 cm³/mol. The van der Waals surface area contributed by atoms with Crippen molar-refractivity contribution in [3.63, 3.8) is 0 Å². The number of carbonyl (C=O) groups is 2. The number of aryl methyl sites for hydroxylation is 1. The van der Waals surface area contributed by atoms with Crippen LogP contribution in [0.5, 0.6) is 5.75 Å². The van der Waals surface area contributed by atoms with Crippen molar-refractivity contribution in [3.8, 4) is 5.75 Å². The Bertz CT molecular complexity index is 1140. The number of hydrogen-bond donors (Lipinski definition) is 1. The quantitative estimate of drug-likeness (QED) is 0.530. The minimum absolute atomic E-state index is 0.00817. The molecule has 0 fully saturated rings. The molecule has 0 aliphatic carbocycles. The van der Waals surface area contributed by atoms with E-state index in [1.165, 1.54) is 4.68 Å². The molecule has 3 aromatic rings. The van der Waals surface area contributed by atoms with E-state index in [9.17, 15) is 14.4 Å². The van der Waals surface area contributed by atoms with E-state index >= 15 is 0 Å². The second-order valence-electron chi connectivity index (χ2n) is 6.83.